The zero-order valence-electron chi connectivity index (χ0n) is 9.77. The Bertz CT molecular complexity index is 634. The van der Waals surface area contributed by atoms with Crippen LogP contribution in [-0.4, -0.2) is 25.9 Å². The molecule has 0 aliphatic carbocycles. The van der Waals surface area contributed by atoms with Crippen LogP contribution in [0, 0.1) is 30.1 Å². The number of nitriles is 1. The molecule has 5 nitrogen and oxygen atoms in total. The van der Waals surface area contributed by atoms with Crippen LogP contribution in [0.3, 0.4) is 0 Å². The Morgan fingerprint density at radius 1 is 1.44 bits per heavy atom. The number of sulfonamides is 1. The summed E-state index contributed by atoms with van der Waals surface area (Å²) in [6.45, 7) is 1.56. The van der Waals surface area contributed by atoms with Crippen molar-refractivity contribution in [3.8, 4) is 17.9 Å². The summed E-state index contributed by atoms with van der Waals surface area (Å²) in [6, 6.07) is 6.42. The fraction of sp³-hybridized carbons (Fsp3) is 0.250. The lowest BCUT2D eigenvalue weighted by Gasteiger charge is -2.06. The van der Waals surface area contributed by atoms with Crippen LogP contribution < -0.4 is 4.72 Å². The summed E-state index contributed by atoms with van der Waals surface area (Å²) in [4.78, 5) is 0. The van der Waals surface area contributed by atoms with Crippen molar-refractivity contribution in [3.63, 3.8) is 0 Å². The average molecular weight is 264 g/mol. The quantitative estimate of drug-likeness (QED) is 0.782. The van der Waals surface area contributed by atoms with Gasteiger partial charge in [0.2, 0.25) is 10.0 Å². The van der Waals surface area contributed by atoms with Crippen LogP contribution in [0.5, 0.6) is 0 Å². The molecule has 6 heteroatoms. The smallest absolute Gasteiger partial charge is 0.246 e. The van der Waals surface area contributed by atoms with Crippen LogP contribution in [0.25, 0.3) is 0 Å². The SMILES string of the molecule is Cc1cc(NS(=O)(=O)CC#N)ccc1C#CCO. The third-order valence-corrected chi connectivity index (χ3v) is 3.11. The van der Waals surface area contributed by atoms with Crippen molar-refractivity contribution in [1.29, 1.82) is 5.26 Å². The fourth-order valence-corrected chi connectivity index (χ4v) is 2.03. The number of hydrogen-bond acceptors (Lipinski definition) is 4. The minimum Gasteiger partial charge on any atom is -0.384 e. The molecule has 0 amide bonds. The molecule has 0 atom stereocenters. The highest BCUT2D eigenvalue weighted by molar-refractivity contribution is 7.92. The molecule has 0 saturated carbocycles. The minimum absolute atomic E-state index is 0.226. The van der Waals surface area contributed by atoms with Crippen LogP contribution in [0.4, 0.5) is 5.69 Å². The van der Waals surface area contributed by atoms with Crippen LogP contribution in [0.1, 0.15) is 11.1 Å². The van der Waals surface area contributed by atoms with Gasteiger partial charge in [-0.25, -0.2) is 8.42 Å². The molecule has 1 aromatic carbocycles. The van der Waals surface area contributed by atoms with E-state index in [-0.39, 0.29) is 6.61 Å². The Kier molecular flexibility index (Phi) is 4.73. The summed E-state index contributed by atoms with van der Waals surface area (Å²) < 4.78 is 25.0. The molecule has 0 spiro atoms. The van der Waals surface area contributed by atoms with Gasteiger partial charge < -0.3 is 5.11 Å². The lowest BCUT2D eigenvalue weighted by Crippen LogP contribution is -2.15. The van der Waals surface area contributed by atoms with E-state index < -0.39 is 15.8 Å². The van der Waals surface area contributed by atoms with Gasteiger partial charge in [-0.2, -0.15) is 5.26 Å². The number of anilines is 1. The van der Waals surface area contributed by atoms with Crippen molar-refractivity contribution in [1.82, 2.24) is 0 Å². The van der Waals surface area contributed by atoms with Gasteiger partial charge in [0, 0.05) is 11.3 Å². The number of nitrogens with one attached hydrogen (secondary N) is 1. The van der Waals surface area contributed by atoms with E-state index in [2.05, 4.69) is 16.6 Å². The normalized spacial score (nSPS) is 10.1. The first kappa shape index (κ1) is 14.0. The summed E-state index contributed by atoms with van der Waals surface area (Å²) in [7, 11) is -3.62. The first-order valence-corrected chi connectivity index (χ1v) is 6.71. The predicted molar refractivity (Wildman–Crippen MR) is 68.2 cm³/mol. The minimum atomic E-state index is -3.62. The maximum Gasteiger partial charge on any atom is 0.246 e. The van der Waals surface area contributed by atoms with Crippen molar-refractivity contribution in [3.05, 3.63) is 29.3 Å². The van der Waals surface area contributed by atoms with Gasteiger partial charge in [0.15, 0.2) is 5.75 Å². The molecule has 0 unspecified atom stereocenters. The standard InChI is InChI=1S/C12H12N2O3S/c1-10-9-12(14-18(16,17)8-6-13)5-4-11(10)3-2-7-15/h4-5,9,14-15H,7-8H2,1H3. The molecule has 94 valence electrons. The Labute approximate surface area is 106 Å². The Morgan fingerprint density at radius 2 is 2.17 bits per heavy atom. The molecule has 1 rings (SSSR count). The number of aliphatic hydroxyl groups excluding tert-OH is 1. The maximum atomic E-state index is 11.4. The largest absolute Gasteiger partial charge is 0.384 e. The molecule has 0 aromatic heterocycles. The Balaban J connectivity index is 2.96. The molecule has 0 aliphatic heterocycles. The second-order valence-electron chi connectivity index (χ2n) is 3.51. The third-order valence-electron chi connectivity index (χ3n) is 2.06. The summed E-state index contributed by atoms with van der Waals surface area (Å²) in [6.07, 6.45) is 0. The first-order chi connectivity index (χ1) is 8.48. The molecule has 2 N–H and O–H groups in total. The van der Waals surface area contributed by atoms with Crippen molar-refractivity contribution in [2.45, 2.75) is 6.92 Å². The monoisotopic (exact) mass is 264 g/mol. The summed E-state index contributed by atoms with van der Waals surface area (Å²) in [5.41, 5.74) is 1.89. The first-order valence-electron chi connectivity index (χ1n) is 5.06. The molecule has 0 heterocycles. The number of rotatable bonds is 3. The Morgan fingerprint density at radius 3 is 2.72 bits per heavy atom. The van der Waals surface area contributed by atoms with Gasteiger partial charge >= 0.3 is 0 Å². The summed E-state index contributed by atoms with van der Waals surface area (Å²) in [5, 5.41) is 17.0. The van der Waals surface area contributed by atoms with Gasteiger partial charge in [0.1, 0.15) is 6.61 Å². The van der Waals surface area contributed by atoms with E-state index in [4.69, 9.17) is 10.4 Å². The molecule has 0 saturated heterocycles. The number of nitrogens with zero attached hydrogens (tertiary/aromatic N) is 1. The molecular weight excluding hydrogens is 252 g/mol. The molecular formula is C12H12N2O3S. The molecule has 0 aliphatic rings. The second-order valence-corrected chi connectivity index (χ2v) is 5.23. The van der Waals surface area contributed by atoms with Gasteiger partial charge in [-0.15, -0.1) is 0 Å². The van der Waals surface area contributed by atoms with Crippen LogP contribution in [0.2, 0.25) is 0 Å². The van der Waals surface area contributed by atoms with Crippen LogP contribution in [-0.2, 0) is 10.0 Å². The highest BCUT2D eigenvalue weighted by Gasteiger charge is 2.09. The lowest BCUT2D eigenvalue weighted by atomic mass is 10.1. The number of aliphatic hydroxyl groups is 1. The lowest BCUT2D eigenvalue weighted by molar-refractivity contribution is 0.350. The van der Waals surface area contributed by atoms with Gasteiger partial charge in [-0.05, 0) is 30.7 Å². The van der Waals surface area contributed by atoms with Gasteiger partial charge in [-0.1, -0.05) is 11.8 Å². The zero-order valence-corrected chi connectivity index (χ0v) is 10.6. The third kappa shape index (κ3) is 4.10. The number of aryl methyl sites for hydroxylation is 1. The van der Waals surface area contributed by atoms with E-state index in [0.717, 1.165) is 5.56 Å². The highest BCUT2D eigenvalue weighted by Crippen LogP contribution is 2.15. The Hall–Kier alpha value is -2.02. The van der Waals surface area contributed by atoms with Crippen molar-refractivity contribution in [2.75, 3.05) is 17.1 Å². The van der Waals surface area contributed by atoms with E-state index in [1.54, 1.807) is 31.2 Å². The number of hydrogen-bond donors (Lipinski definition) is 2. The van der Waals surface area contributed by atoms with Crippen molar-refractivity contribution < 1.29 is 13.5 Å². The fourth-order valence-electron chi connectivity index (χ4n) is 1.30. The predicted octanol–water partition coefficient (Wildman–Crippen LogP) is 0.604. The molecule has 0 radical (unpaired) electrons. The second kappa shape index (κ2) is 6.06. The number of benzene rings is 1. The molecule has 0 fully saturated rings. The van der Waals surface area contributed by atoms with E-state index in [9.17, 15) is 8.42 Å². The van der Waals surface area contributed by atoms with Crippen molar-refractivity contribution in [2.24, 2.45) is 0 Å². The highest BCUT2D eigenvalue weighted by atomic mass is 32.2. The van der Waals surface area contributed by atoms with E-state index >= 15 is 0 Å². The van der Waals surface area contributed by atoms with Gasteiger partial charge in [0.05, 0.1) is 6.07 Å². The molecule has 1 aromatic rings. The zero-order chi connectivity index (χ0) is 13.6. The van der Waals surface area contributed by atoms with Crippen LogP contribution in [0.15, 0.2) is 18.2 Å². The van der Waals surface area contributed by atoms with Gasteiger partial charge in [-0.3, -0.25) is 4.72 Å². The van der Waals surface area contributed by atoms with Crippen molar-refractivity contribution >= 4 is 15.7 Å². The summed E-state index contributed by atoms with van der Waals surface area (Å²) >= 11 is 0. The topological polar surface area (TPSA) is 90.2 Å². The van der Waals surface area contributed by atoms with E-state index in [1.165, 1.54) is 0 Å². The van der Waals surface area contributed by atoms with E-state index in [1.807, 2.05) is 0 Å². The van der Waals surface area contributed by atoms with Gasteiger partial charge in [0.25, 0.3) is 0 Å². The maximum absolute atomic E-state index is 11.4. The summed E-state index contributed by atoms with van der Waals surface area (Å²) in [5.74, 6) is 4.68. The average Bonchev–Trinajstić information content (AvgIpc) is 2.27. The molecule has 0 bridgehead atoms. The van der Waals surface area contributed by atoms with Crippen LogP contribution >= 0.6 is 0 Å². The molecule has 18 heavy (non-hydrogen) atoms. The van der Waals surface area contributed by atoms with E-state index in [0.29, 0.717) is 11.3 Å².